The van der Waals surface area contributed by atoms with Gasteiger partial charge in [0.1, 0.15) is 0 Å². The second-order valence-corrected chi connectivity index (χ2v) is 5.37. The van der Waals surface area contributed by atoms with Crippen LogP contribution in [0.4, 0.5) is 0 Å². The molecule has 100 valence electrons. The molecule has 2 aromatic heterocycles. The highest BCUT2D eigenvalue weighted by atomic mass is 16.5. The summed E-state index contributed by atoms with van der Waals surface area (Å²) in [6.45, 7) is 4.05. The van der Waals surface area contributed by atoms with E-state index in [1.165, 1.54) is 0 Å². The molecule has 0 saturated heterocycles. The Morgan fingerprint density at radius 2 is 2.26 bits per heavy atom. The highest BCUT2D eigenvalue weighted by Gasteiger charge is 2.43. The van der Waals surface area contributed by atoms with Crippen LogP contribution in [-0.4, -0.2) is 15.1 Å². The number of nitrogens with zero attached hydrogens (tertiary/aromatic N) is 3. The molecule has 0 amide bonds. The van der Waals surface area contributed by atoms with Crippen LogP contribution in [0.5, 0.6) is 0 Å². The summed E-state index contributed by atoms with van der Waals surface area (Å²) in [7, 11) is 0. The SMILES string of the molecule is CCc1cnccc1-c1noc(C(C)(N)C2CC2)n1. The first-order valence-electron chi connectivity index (χ1n) is 6.69. The van der Waals surface area contributed by atoms with E-state index in [0.717, 1.165) is 30.4 Å². The number of hydrogen-bond donors (Lipinski definition) is 1. The van der Waals surface area contributed by atoms with Crippen molar-refractivity contribution in [2.24, 2.45) is 11.7 Å². The van der Waals surface area contributed by atoms with Crippen molar-refractivity contribution >= 4 is 0 Å². The summed E-state index contributed by atoms with van der Waals surface area (Å²) in [5, 5.41) is 4.08. The number of nitrogens with two attached hydrogens (primary N) is 1. The standard InChI is InChI=1S/C14H18N4O/c1-3-9-8-16-7-6-11(9)12-17-13(19-18-12)14(2,15)10-4-5-10/h6-8,10H,3-5,15H2,1-2H3. The Kier molecular flexibility index (Phi) is 2.86. The third-order valence-electron chi connectivity index (χ3n) is 3.84. The van der Waals surface area contributed by atoms with Crippen LogP contribution in [0.2, 0.25) is 0 Å². The van der Waals surface area contributed by atoms with Crippen LogP contribution >= 0.6 is 0 Å². The van der Waals surface area contributed by atoms with Crippen molar-refractivity contribution < 1.29 is 4.52 Å². The van der Waals surface area contributed by atoms with Crippen molar-refractivity contribution in [3.05, 3.63) is 29.9 Å². The molecule has 1 unspecified atom stereocenters. The number of aryl methyl sites for hydroxylation is 1. The van der Waals surface area contributed by atoms with Gasteiger partial charge >= 0.3 is 0 Å². The quantitative estimate of drug-likeness (QED) is 0.910. The summed E-state index contributed by atoms with van der Waals surface area (Å²) in [6, 6.07) is 1.92. The van der Waals surface area contributed by atoms with Gasteiger partial charge in [0, 0.05) is 18.0 Å². The molecule has 2 N–H and O–H groups in total. The Bertz CT molecular complexity index is 587. The summed E-state index contributed by atoms with van der Waals surface area (Å²) in [5.74, 6) is 1.60. The molecule has 1 aliphatic rings. The lowest BCUT2D eigenvalue weighted by Gasteiger charge is -2.18. The van der Waals surface area contributed by atoms with Crippen molar-refractivity contribution in [3.63, 3.8) is 0 Å². The maximum Gasteiger partial charge on any atom is 0.247 e. The second kappa shape index (κ2) is 4.42. The number of pyridine rings is 1. The van der Waals surface area contributed by atoms with Gasteiger partial charge in [0.05, 0.1) is 5.54 Å². The summed E-state index contributed by atoms with van der Waals surface area (Å²) < 4.78 is 5.38. The highest BCUT2D eigenvalue weighted by Crippen LogP contribution is 2.43. The lowest BCUT2D eigenvalue weighted by Crippen LogP contribution is -2.35. The van der Waals surface area contributed by atoms with E-state index in [0.29, 0.717) is 17.6 Å². The molecule has 0 radical (unpaired) electrons. The van der Waals surface area contributed by atoms with Crippen molar-refractivity contribution in [1.82, 2.24) is 15.1 Å². The lowest BCUT2D eigenvalue weighted by atomic mass is 9.97. The van der Waals surface area contributed by atoms with E-state index in [1.807, 2.05) is 19.2 Å². The Hall–Kier alpha value is -1.75. The second-order valence-electron chi connectivity index (χ2n) is 5.37. The number of aromatic nitrogens is 3. The van der Waals surface area contributed by atoms with Gasteiger partial charge in [-0.3, -0.25) is 4.98 Å². The molecule has 5 heteroatoms. The van der Waals surface area contributed by atoms with Gasteiger partial charge in [0.15, 0.2) is 0 Å². The van der Waals surface area contributed by atoms with Crippen molar-refractivity contribution in [1.29, 1.82) is 0 Å². The van der Waals surface area contributed by atoms with E-state index in [9.17, 15) is 0 Å². The first-order chi connectivity index (χ1) is 9.13. The molecule has 1 atom stereocenters. The van der Waals surface area contributed by atoms with Crippen LogP contribution in [0.15, 0.2) is 23.0 Å². The predicted octanol–water partition coefficient (Wildman–Crippen LogP) is 2.28. The van der Waals surface area contributed by atoms with Gasteiger partial charge in [0.2, 0.25) is 11.7 Å². The molecule has 3 rings (SSSR count). The van der Waals surface area contributed by atoms with Gasteiger partial charge in [-0.1, -0.05) is 12.1 Å². The van der Waals surface area contributed by atoms with Crippen LogP contribution in [0.25, 0.3) is 11.4 Å². The third-order valence-corrected chi connectivity index (χ3v) is 3.84. The molecular formula is C14H18N4O. The first kappa shape index (κ1) is 12.3. The van der Waals surface area contributed by atoms with E-state index in [1.54, 1.807) is 6.20 Å². The van der Waals surface area contributed by atoms with Gasteiger partial charge in [-0.05, 0) is 43.7 Å². The molecule has 5 nitrogen and oxygen atoms in total. The Morgan fingerprint density at radius 1 is 1.47 bits per heavy atom. The molecule has 0 aliphatic heterocycles. The minimum Gasteiger partial charge on any atom is -0.337 e. The van der Waals surface area contributed by atoms with Crippen molar-refractivity contribution in [3.8, 4) is 11.4 Å². The van der Waals surface area contributed by atoms with Crippen LogP contribution < -0.4 is 5.73 Å². The van der Waals surface area contributed by atoms with Gasteiger partial charge in [-0.2, -0.15) is 4.98 Å². The average molecular weight is 258 g/mol. The molecule has 1 aliphatic carbocycles. The normalized spacial score (nSPS) is 18.3. The van der Waals surface area contributed by atoms with Crippen LogP contribution in [0, 0.1) is 5.92 Å². The Labute approximate surface area is 112 Å². The zero-order valence-electron chi connectivity index (χ0n) is 11.3. The van der Waals surface area contributed by atoms with E-state index in [2.05, 4.69) is 22.0 Å². The van der Waals surface area contributed by atoms with Crippen molar-refractivity contribution in [2.45, 2.75) is 38.6 Å². The zero-order chi connectivity index (χ0) is 13.5. The zero-order valence-corrected chi connectivity index (χ0v) is 11.3. The van der Waals surface area contributed by atoms with Crippen LogP contribution in [0.1, 0.15) is 38.1 Å². The summed E-state index contributed by atoms with van der Waals surface area (Å²) >= 11 is 0. The molecule has 0 aromatic carbocycles. The van der Waals surface area contributed by atoms with Gasteiger partial charge in [-0.25, -0.2) is 0 Å². The molecule has 0 spiro atoms. The Morgan fingerprint density at radius 3 is 2.95 bits per heavy atom. The average Bonchev–Trinajstić information content (AvgIpc) is 3.17. The monoisotopic (exact) mass is 258 g/mol. The Balaban J connectivity index is 1.97. The maximum absolute atomic E-state index is 6.30. The molecule has 1 saturated carbocycles. The van der Waals surface area contributed by atoms with Gasteiger partial charge in [0.25, 0.3) is 0 Å². The fraction of sp³-hybridized carbons (Fsp3) is 0.500. The van der Waals surface area contributed by atoms with Gasteiger partial charge in [-0.15, -0.1) is 0 Å². The smallest absolute Gasteiger partial charge is 0.247 e. The van der Waals surface area contributed by atoms with Gasteiger partial charge < -0.3 is 10.3 Å². The topological polar surface area (TPSA) is 77.8 Å². The van der Waals surface area contributed by atoms with E-state index in [-0.39, 0.29) is 0 Å². The molecular weight excluding hydrogens is 240 g/mol. The minimum absolute atomic E-state index is 0.462. The third kappa shape index (κ3) is 2.14. The van der Waals surface area contributed by atoms with E-state index >= 15 is 0 Å². The molecule has 1 fully saturated rings. The van der Waals surface area contributed by atoms with Crippen LogP contribution in [-0.2, 0) is 12.0 Å². The number of hydrogen-bond acceptors (Lipinski definition) is 5. The fourth-order valence-electron chi connectivity index (χ4n) is 2.34. The highest BCUT2D eigenvalue weighted by molar-refractivity contribution is 5.58. The first-order valence-corrected chi connectivity index (χ1v) is 6.69. The predicted molar refractivity (Wildman–Crippen MR) is 71.2 cm³/mol. The fourth-order valence-corrected chi connectivity index (χ4v) is 2.34. The molecule has 2 heterocycles. The summed E-state index contributed by atoms with van der Waals surface area (Å²) in [5.41, 5.74) is 7.87. The van der Waals surface area contributed by atoms with Crippen molar-refractivity contribution in [2.75, 3.05) is 0 Å². The summed E-state index contributed by atoms with van der Waals surface area (Å²) in [4.78, 5) is 8.62. The lowest BCUT2D eigenvalue weighted by molar-refractivity contribution is 0.273. The number of rotatable bonds is 4. The maximum atomic E-state index is 6.30. The molecule has 2 aromatic rings. The molecule has 19 heavy (non-hydrogen) atoms. The largest absolute Gasteiger partial charge is 0.337 e. The summed E-state index contributed by atoms with van der Waals surface area (Å²) in [6.07, 6.45) is 6.75. The van der Waals surface area contributed by atoms with E-state index in [4.69, 9.17) is 10.3 Å². The van der Waals surface area contributed by atoms with E-state index < -0.39 is 5.54 Å². The minimum atomic E-state index is -0.509. The van der Waals surface area contributed by atoms with Crippen LogP contribution in [0.3, 0.4) is 0 Å². The molecule has 0 bridgehead atoms.